The summed E-state index contributed by atoms with van der Waals surface area (Å²) in [6.45, 7) is -0.339. The molecule has 0 saturated heterocycles. The third-order valence-corrected chi connectivity index (χ3v) is 4.33. The number of anilines is 1. The van der Waals surface area contributed by atoms with Crippen molar-refractivity contribution in [2.24, 2.45) is 0 Å². The largest absolute Gasteiger partial charge is 0.484 e. The van der Waals surface area contributed by atoms with Crippen molar-refractivity contribution in [3.63, 3.8) is 0 Å². The Labute approximate surface area is 175 Å². The molecule has 0 unspecified atom stereocenters. The molecule has 0 spiro atoms. The maximum Gasteiger partial charge on any atom is 0.347 e. The first-order valence-electron chi connectivity index (χ1n) is 9.17. The van der Waals surface area contributed by atoms with Gasteiger partial charge in [-0.1, -0.05) is 24.3 Å². The van der Waals surface area contributed by atoms with Crippen LogP contribution in [0.4, 0.5) is 11.4 Å². The first-order valence-corrected chi connectivity index (χ1v) is 9.17. The molecule has 9 heteroatoms. The van der Waals surface area contributed by atoms with Gasteiger partial charge in [0, 0.05) is 17.3 Å². The summed E-state index contributed by atoms with van der Waals surface area (Å²) in [5, 5.41) is 13.9. The van der Waals surface area contributed by atoms with Gasteiger partial charge in [-0.25, -0.2) is 9.78 Å². The van der Waals surface area contributed by atoms with Gasteiger partial charge >= 0.3 is 5.63 Å². The van der Waals surface area contributed by atoms with Crippen molar-refractivity contribution in [1.29, 1.82) is 0 Å². The van der Waals surface area contributed by atoms with E-state index in [0.29, 0.717) is 22.2 Å². The van der Waals surface area contributed by atoms with Crippen molar-refractivity contribution >= 4 is 28.2 Å². The Kier molecular flexibility index (Phi) is 5.39. The van der Waals surface area contributed by atoms with E-state index >= 15 is 0 Å². The summed E-state index contributed by atoms with van der Waals surface area (Å²) in [4.78, 5) is 39.0. The van der Waals surface area contributed by atoms with Crippen molar-refractivity contribution < 1.29 is 18.9 Å². The number of carbonyl (C=O) groups excluding carboxylic acids is 1. The van der Waals surface area contributed by atoms with Gasteiger partial charge in [0.2, 0.25) is 5.89 Å². The summed E-state index contributed by atoms with van der Waals surface area (Å²) in [6, 6.07) is 19.1. The molecule has 1 N–H and O–H groups in total. The number of amides is 1. The standard InChI is InChI=1S/C22H15N3O6/c26-20(13-30-17-8-4-7-16(12-17)25(28)29)23-15-6-3-5-14(11-15)21-24-19-10-2-1-9-18(19)22(27)31-21/h1-12H,13H2,(H,23,26). The normalized spacial score (nSPS) is 10.6. The van der Waals surface area contributed by atoms with Gasteiger partial charge in [0.1, 0.15) is 5.75 Å². The number of nitrogens with zero attached hydrogens (tertiary/aromatic N) is 2. The van der Waals surface area contributed by atoms with E-state index in [4.69, 9.17) is 9.15 Å². The maximum absolute atomic E-state index is 12.2. The SMILES string of the molecule is O=C(COc1cccc([N+](=O)[O-])c1)Nc1cccc(-c2nc3ccccc3c(=O)o2)c1. The lowest BCUT2D eigenvalue weighted by atomic mass is 10.2. The molecule has 0 aliphatic rings. The molecule has 3 aromatic carbocycles. The van der Waals surface area contributed by atoms with Crippen LogP contribution in [0.1, 0.15) is 0 Å². The number of hydrogen-bond donors (Lipinski definition) is 1. The molecular formula is C22H15N3O6. The van der Waals surface area contributed by atoms with Crippen molar-refractivity contribution in [2.45, 2.75) is 0 Å². The molecule has 31 heavy (non-hydrogen) atoms. The van der Waals surface area contributed by atoms with Crippen molar-refractivity contribution in [3.05, 3.63) is 93.3 Å². The molecular weight excluding hydrogens is 402 g/mol. The van der Waals surface area contributed by atoms with Crippen LogP contribution >= 0.6 is 0 Å². The number of nitrogens with one attached hydrogen (secondary N) is 1. The van der Waals surface area contributed by atoms with Gasteiger partial charge in [0.25, 0.3) is 11.6 Å². The third kappa shape index (κ3) is 4.56. The predicted octanol–water partition coefficient (Wildman–Crippen LogP) is 3.78. The Morgan fingerprint density at radius 1 is 1.06 bits per heavy atom. The van der Waals surface area contributed by atoms with Gasteiger partial charge in [-0.2, -0.15) is 0 Å². The number of hydrogen-bond acceptors (Lipinski definition) is 7. The first-order chi connectivity index (χ1) is 15.0. The number of nitro groups is 1. The van der Waals surface area contributed by atoms with Crippen LogP contribution < -0.4 is 15.7 Å². The summed E-state index contributed by atoms with van der Waals surface area (Å²) < 4.78 is 10.6. The molecule has 0 saturated carbocycles. The minimum atomic E-state index is -0.544. The highest BCUT2D eigenvalue weighted by molar-refractivity contribution is 5.92. The average Bonchev–Trinajstić information content (AvgIpc) is 2.78. The van der Waals surface area contributed by atoms with E-state index in [0.717, 1.165) is 0 Å². The van der Waals surface area contributed by atoms with Crippen molar-refractivity contribution in [1.82, 2.24) is 4.98 Å². The Bertz CT molecular complexity index is 1350. The van der Waals surface area contributed by atoms with E-state index in [-0.39, 0.29) is 23.9 Å². The van der Waals surface area contributed by atoms with Crippen LogP contribution in [0.25, 0.3) is 22.4 Å². The van der Waals surface area contributed by atoms with Crippen LogP contribution in [-0.2, 0) is 4.79 Å². The molecule has 0 aliphatic heterocycles. The van der Waals surface area contributed by atoms with Gasteiger partial charge in [-0.15, -0.1) is 0 Å². The molecule has 0 fully saturated rings. The van der Waals surface area contributed by atoms with Crippen LogP contribution in [0.2, 0.25) is 0 Å². The Morgan fingerprint density at radius 2 is 1.87 bits per heavy atom. The molecule has 0 aliphatic carbocycles. The number of fused-ring (bicyclic) bond motifs is 1. The van der Waals surface area contributed by atoms with Gasteiger partial charge in [-0.05, 0) is 36.4 Å². The molecule has 4 rings (SSSR count). The number of carbonyl (C=O) groups is 1. The lowest BCUT2D eigenvalue weighted by molar-refractivity contribution is -0.384. The number of para-hydroxylation sites is 1. The Hall–Kier alpha value is -4.53. The van der Waals surface area contributed by atoms with Gasteiger partial charge in [0.15, 0.2) is 6.61 Å². The van der Waals surface area contributed by atoms with Gasteiger partial charge < -0.3 is 14.5 Å². The first kappa shape index (κ1) is 19.8. The number of ether oxygens (including phenoxy) is 1. The van der Waals surface area contributed by atoms with Crippen molar-refractivity contribution in [3.8, 4) is 17.2 Å². The van der Waals surface area contributed by atoms with Crippen LogP contribution in [0.3, 0.4) is 0 Å². The van der Waals surface area contributed by atoms with E-state index < -0.39 is 16.5 Å². The van der Waals surface area contributed by atoms with Gasteiger partial charge in [-0.3, -0.25) is 14.9 Å². The number of benzene rings is 3. The van der Waals surface area contributed by atoms with Crippen LogP contribution in [-0.4, -0.2) is 22.4 Å². The Morgan fingerprint density at radius 3 is 2.71 bits per heavy atom. The zero-order valence-corrected chi connectivity index (χ0v) is 16.0. The third-order valence-electron chi connectivity index (χ3n) is 4.33. The molecule has 0 radical (unpaired) electrons. The van der Waals surface area contributed by atoms with E-state index in [1.165, 1.54) is 24.3 Å². The second kappa shape index (κ2) is 8.46. The lowest BCUT2D eigenvalue weighted by Crippen LogP contribution is -2.20. The molecule has 1 amide bonds. The zero-order valence-electron chi connectivity index (χ0n) is 16.0. The quantitative estimate of drug-likeness (QED) is 0.374. The van der Waals surface area contributed by atoms with Gasteiger partial charge in [0.05, 0.1) is 21.9 Å². The molecule has 4 aromatic rings. The minimum Gasteiger partial charge on any atom is -0.484 e. The smallest absolute Gasteiger partial charge is 0.347 e. The van der Waals surface area contributed by atoms with E-state index in [1.54, 1.807) is 48.5 Å². The number of rotatable bonds is 6. The fourth-order valence-electron chi connectivity index (χ4n) is 2.91. The summed E-state index contributed by atoms with van der Waals surface area (Å²) in [5.41, 5.74) is 0.840. The highest BCUT2D eigenvalue weighted by Gasteiger charge is 2.11. The fraction of sp³-hybridized carbons (Fsp3) is 0.0455. The second-order valence-electron chi connectivity index (χ2n) is 6.50. The molecule has 154 valence electrons. The van der Waals surface area contributed by atoms with Crippen molar-refractivity contribution in [2.75, 3.05) is 11.9 Å². The summed E-state index contributed by atoms with van der Waals surface area (Å²) >= 11 is 0. The number of non-ortho nitro benzene ring substituents is 1. The topological polar surface area (TPSA) is 125 Å². The maximum atomic E-state index is 12.2. The van der Waals surface area contributed by atoms with E-state index in [1.807, 2.05) is 0 Å². The highest BCUT2D eigenvalue weighted by Crippen LogP contribution is 2.22. The van der Waals surface area contributed by atoms with E-state index in [2.05, 4.69) is 10.3 Å². The summed E-state index contributed by atoms with van der Waals surface area (Å²) in [7, 11) is 0. The molecule has 0 atom stereocenters. The monoisotopic (exact) mass is 417 g/mol. The van der Waals surface area contributed by atoms with E-state index in [9.17, 15) is 19.7 Å². The number of nitro benzene ring substituents is 1. The Balaban J connectivity index is 1.47. The van der Waals surface area contributed by atoms with Crippen LogP contribution in [0.15, 0.2) is 82.0 Å². The predicted molar refractivity (Wildman–Crippen MR) is 113 cm³/mol. The number of aromatic nitrogens is 1. The summed E-state index contributed by atoms with van der Waals surface area (Å²) in [5.74, 6) is -0.121. The summed E-state index contributed by atoms with van der Waals surface area (Å²) in [6.07, 6.45) is 0. The van der Waals surface area contributed by atoms with Crippen LogP contribution in [0.5, 0.6) is 5.75 Å². The molecule has 1 aromatic heterocycles. The molecule has 1 heterocycles. The average molecular weight is 417 g/mol. The van der Waals surface area contributed by atoms with Crippen LogP contribution in [0, 0.1) is 10.1 Å². The zero-order chi connectivity index (χ0) is 21.8. The molecule has 0 bridgehead atoms. The molecule has 9 nitrogen and oxygen atoms in total. The highest BCUT2D eigenvalue weighted by atomic mass is 16.6. The minimum absolute atomic E-state index is 0.130. The second-order valence-corrected chi connectivity index (χ2v) is 6.50. The fourth-order valence-corrected chi connectivity index (χ4v) is 2.91. The lowest BCUT2D eigenvalue weighted by Gasteiger charge is -2.09.